The van der Waals surface area contributed by atoms with Crippen molar-refractivity contribution in [1.82, 2.24) is 0 Å². The average molecular weight is 361 g/mol. The Morgan fingerprint density at radius 1 is 0.714 bits per heavy atom. The highest BCUT2D eigenvalue weighted by Gasteiger charge is 2.38. The number of imide groups is 1. The third-order valence-corrected chi connectivity index (χ3v) is 4.34. The fourth-order valence-corrected chi connectivity index (χ4v) is 2.94. The van der Waals surface area contributed by atoms with Gasteiger partial charge in [-0.25, -0.2) is 4.90 Å². The lowest BCUT2D eigenvalue weighted by molar-refractivity contribution is 0.0926. The maximum Gasteiger partial charge on any atom is 0.266 e. The predicted octanol–water partition coefficient (Wildman–Crippen LogP) is 5.10. The Morgan fingerprint density at radius 3 is 1.71 bits per heavy atom. The van der Waals surface area contributed by atoms with E-state index in [4.69, 9.17) is 46.4 Å². The molecule has 2 aromatic rings. The molecule has 0 saturated carbocycles. The monoisotopic (exact) mass is 359 g/mol. The summed E-state index contributed by atoms with van der Waals surface area (Å²) in [5.74, 6) is -1.00. The first-order chi connectivity index (χ1) is 9.90. The van der Waals surface area contributed by atoms with E-state index in [0.717, 1.165) is 4.90 Å². The van der Waals surface area contributed by atoms with Crippen LogP contribution in [0.1, 0.15) is 20.7 Å². The Kier molecular flexibility index (Phi) is 3.62. The molecule has 2 amide bonds. The zero-order valence-corrected chi connectivity index (χ0v) is 13.2. The molecular weight excluding hydrogens is 356 g/mol. The van der Waals surface area contributed by atoms with Crippen molar-refractivity contribution < 1.29 is 9.59 Å². The van der Waals surface area contributed by atoms with Crippen molar-refractivity contribution in [2.45, 2.75) is 0 Å². The number of nitrogens with zero attached hydrogens (tertiary/aromatic N) is 1. The maximum absolute atomic E-state index is 12.4. The number of benzene rings is 2. The Labute approximate surface area is 140 Å². The number of fused-ring (bicyclic) bond motifs is 1. The zero-order valence-electron chi connectivity index (χ0n) is 10.2. The molecular formula is C14H5Cl4NO2. The second-order valence-corrected chi connectivity index (χ2v) is 6.01. The molecule has 106 valence electrons. The predicted molar refractivity (Wildman–Crippen MR) is 84.1 cm³/mol. The summed E-state index contributed by atoms with van der Waals surface area (Å²) in [5.41, 5.74) is 0.653. The van der Waals surface area contributed by atoms with Crippen molar-refractivity contribution in [2.24, 2.45) is 0 Å². The standard InChI is InChI=1S/C14H5Cl4NO2/c15-6-1-2-12(11(18)3-6)19-13(20)7-4-9(16)10(17)5-8(7)14(19)21/h1-5H. The lowest BCUT2D eigenvalue weighted by Crippen LogP contribution is -2.29. The number of hydrogen-bond acceptors (Lipinski definition) is 2. The molecule has 0 saturated heterocycles. The Bertz CT molecular complexity index is 763. The summed E-state index contributed by atoms with van der Waals surface area (Å²) in [4.78, 5) is 25.8. The molecule has 0 radical (unpaired) electrons. The van der Waals surface area contributed by atoms with E-state index in [1.807, 2.05) is 0 Å². The summed E-state index contributed by atoms with van der Waals surface area (Å²) >= 11 is 23.7. The topological polar surface area (TPSA) is 37.4 Å². The Morgan fingerprint density at radius 2 is 1.24 bits per heavy atom. The molecule has 3 rings (SSSR count). The molecule has 0 atom stereocenters. The van der Waals surface area contributed by atoms with Crippen molar-refractivity contribution in [1.29, 1.82) is 0 Å². The van der Waals surface area contributed by atoms with Gasteiger partial charge in [-0.2, -0.15) is 0 Å². The number of amides is 2. The van der Waals surface area contributed by atoms with E-state index in [2.05, 4.69) is 0 Å². The number of hydrogen-bond donors (Lipinski definition) is 0. The molecule has 3 nitrogen and oxygen atoms in total. The van der Waals surface area contributed by atoms with Gasteiger partial charge in [0.1, 0.15) is 0 Å². The van der Waals surface area contributed by atoms with Gasteiger partial charge in [0.05, 0.1) is 31.9 Å². The molecule has 0 fully saturated rings. The third kappa shape index (κ3) is 2.30. The minimum atomic E-state index is -0.502. The first-order valence-electron chi connectivity index (χ1n) is 5.73. The molecule has 0 spiro atoms. The molecule has 1 heterocycles. The van der Waals surface area contributed by atoms with Gasteiger partial charge >= 0.3 is 0 Å². The summed E-state index contributed by atoms with van der Waals surface area (Å²) in [6.45, 7) is 0. The van der Waals surface area contributed by atoms with Crippen LogP contribution in [0, 0.1) is 0 Å². The van der Waals surface area contributed by atoms with Crippen LogP contribution in [0.2, 0.25) is 20.1 Å². The number of carbonyl (C=O) groups is 2. The van der Waals surface area contributed by atoms with Crippen molar-refractivity contribution >= 4 is 63.9 Å². The highest BCUT2D eigenvalue weighted by Crippen LogP contribution is 2.37. The van der Waals surface area contributed by atoms with Gasteiger partial charge < -0.3 is 0 Å². The summed E-state index contributed by atoms with van der Waals surface area (Å²) in [6, 6.07) is 7.27. The fraction of sp³-hybridized carbons (Fsp3) is 0. The van der Waals surface area contributed by atoms with Crippen molar-refractivity contribution in [2.75, 3.05) is 4.90 Å². The molecule has 0 aromatic heterocycles. The first kappa shape index (κ1) is 14.7. The summed E-state index contributed by atoms with van der Waals surface area (Å²) < 4.78 is 0. The minimum absolute atomic E-state index is 0.195. The number of rotatable bonds is 1. The summed E-state index contributed by atoms with van der Waals surface area (Å²) in [7, 11) is 0. The third-order valence-electron chi connectivity index (χ3n) is 3.08. The van der Waals surface area contributed by atoms with Gasteiger partial charge in [0.25, 0.3) is 11.8 Å². The van der Waals surface area contributed by atoms with Crippen LogP contribution in [0.3, 0.4) is 0 Å². The van der Waals surface area contributed by atoms with Crippen LogP contribution < -0.4 is 4.90 Å². The average Bonchev–Trinajstić information content (AvgIpc) is 2.64. The van der Waals surface area contributed by atoms with Gasteiger partial charge in [-0.3, -0.25) is 9.59 Å². The van der Waals surface area contributed by atoms with Crippen molar-refractivity contribution in [3.63, 3.8) is 0 Å². The van der Waals surface area contributed by atoms with Crippen LogP contribution in [-0.4, -0.2) is 11.8 Å². The first-order valence-corrected chi connectivity index (χ1v) is 7.24. The van der Waals surface area contributed by atoms with Gasteiger partial charge in [-0.1, -0.05) is 46.4 Å². The van der Waals surface area contributed by atoms with E-state index in [1.165, 1.54) is 24.3 Å². The second-order valence-electron chi connectivity index (χ2n) is 4.35. The summed E-state index contributed by atoms with van der Waals surface area (Å²) in [5, 5.41) is 1.03. The van der Waals surface area contributed by atoms with Gasteiger partial charge in [0, 0.05) is 5.02 Å². The minimum Gasteiger partial charge on any atom is -0.268 e. The molecule has 0 unspecified atom stereocenters. The Balaban J connectivity index is 2.16. The highest BCUT2D eigenvalue weighted by atomic mass is 35.5. The van der Waals surface area contributed by atoms with Gasteiger partial charge in [-0.15, -0.1) is 0 Å². The lowest BCUT2D eigenvalue weighted by atomic mass is 10.1. The van der Waals surface area contributed by atoms with Crippen LogP contribution in [0.25, 0.3) is 0 Å². The molecule has 7 heteroatoms. The van der Waals surface area contributed by atoms with Crippen LogP contribution in [-0.2, 0) is 0 Å². The smallest absolute Gasteiger partial charge is 0.266 e. The molecule has 21 heavy (non-hydrogen) atoms. The fourth-order valence-electron chi connectivity index (χ4n) is 2.12. The van der Waals surface area contributed by atoms with E-state index in [-0.39, 0.29) is 31.9 Å². The molecule has 1 aliphatic rings. The molecule has 0 N–H and O–H groups in total. The maximum atomic E-state index is 12.4. The van der Waals surface area contributed by atoms with Gasteiger partial charge in [0.2, 0.25) is 0 Å². The number of carbonyl (C=O) groups excluding carboxylic acids is 2. The SMILES string of the molecule is O=C1c2cc(Cl)c(Cl)cc2C(=O)N1c1ccc(Cl)cc1Cl. The van der Waals surface area contributed by atoms with E-state index < -0.39 is 11.8 Å². The largest absolute Gasteiger partial charge is 0.268 e. The molecule has 0 aliphatic carbocycles. The molecule has 1 aliphatic heterocycles. The van der Waals surface area contributed by atoms with E-state index in [1.54, 1.807) is 6.07 Å². The van der Waals surface area contributed by atoms with Crippen molar-refractivity contribution in [3.05, 3.63) is 61.5 Å². The lowest BCUT2D eigenvalue weighted by Gasteiger charge is -2.15. The summed E-state index contributed by atoms with van der Waals surface area (Å²) in [6.07, 6.45) is 0. The Hall–Kier alpha value is -1.26. The van der Waals surface area contributed by atoms with Crippen LogP contribution in [0.4, 0.5) is 5.69 Å². The highest BCUT2D eigenvalue weighted by molar-refractivity contribution is 6.45. The van der Waals surface area contributed by atoms with E-state index in [0.29, 0.717) is 5.02 Å². The van der Waals surface area contributed by atoms with Crippen LogP contribution in [0.5, 0.6) is 0 Å². The molecule has 2 aromatic carbocycles. The van der Waals surface area contributed by atoms with Gasteiger partial charge in [-0.05, 0) is 30.3 Å². The van der Waals surface area contributed by atoms with E-state index in [9.17, 15) is 9.59 Å². The van der Waals surface area contributed by atoms with Crippen LogP contribution in [0.15, 0.2) is 30.3 Å². The van der Waals surface area contributed by atoms with Crippen molar-refractivity contribution in [3.8, 4) is 0 Å². The quantitative estimate of drug-likeness (QED) is 0.663. The normalized spacial score (nSPS) is 13.8. The second kappa shape index (κ2) is 5.18. The number of halogens is 4. The molecule has 0 bridgehead atoms. The zero-order chi connectivity index (χ0) is 15.3. The van der Waals surface area contributed by atoms with E-state index >= 15 is 0 Å². The van der Waals surface area contributed by atoms with Gasteiger partial charge in [0.15, 0.2) is 0 Å². The van der Waals surface area contributed by atoms with Crippen LogP contribution >= 0.6 is 46.4 Å². The number of anilines is 1.